The van der Waals surface area contributed by atoms with Crippen LogP contribution in [0.1, 0.15) is 25.0 Å². The predicted octanol–water partition coefficient (Wildman–Crippen LogP) is 4.56. The van der Waals surface area contributed by atoms with Crippen molar-refractivity contribution in [1.82, 2.24) is 0 Å². The zero-order valence-corrected chi connectivity index (χ0v) is 11.2. The Morgan fingerprint density at radius 2 is 2.00 bits per heavy atom. The molecule has 0 saturated carbocycles. The largest absolute Gasteiger partial charge is 0.261 e. The lowest BCUT2D eigenvalue weighted by Crippen LogP contribution is -2.01. The molecule has 18 heavy (non-hydrogen) atoms. The SMILES string of the molecule is CC=N/C(=C1/C=CC=CC1C)c1ccccc1C. The maximum Gasteiger partial charge on any atom is 0.0738 e. The topological polar surface area (TPSA) is 12.4 Å². The highest BCUT2D eigenvalue weighted by Crippen LogP contribution is 2.30. The third kappa shape index (κ3) is 2.51. The second-order valence-corrected chi connectivity index (χ2v) is 4.54. The standard InChI is InChI=1S/C17H19N/c1-4-18-17(15-11-7-5-9-13(15)2)16-12-8-6-10-14(16)3/h4-13H,1-3H3/b17-15-,18-4?. The Bertz CT molecular complexity index is 544. The van der Waals surface area contributed by atoms with Gasteiger partial charge >= 0.3 is 0 Å². The number of nitrogens with zero attached hydrogens (tertiary/aromatic N) is 1. The van der Waals surface area contributed by atoms with E-state index in [0.717, 1.165) is 5.70 Å². The van der Waals surface area contributed by atoms with Crippen molar-refractivity contribution in [3.63, 3.8) is 0 Å². The van der Waals surface area contributed by atoms with Crippen LogP contribution >= 0.6 is 0 Å². The van der Waals surface area contributed by atoms with Crippen LogP contribution in [0.15, 0.2) is 59.1 Å². The second kappa shape index (κ2) is 5.63. The number of aryl methyl sites for hydroxylation is 1. The van der Waals surface area contributed by atoms with E-state index < -0.39 is 0 Å². The third-order valence-corrected chi connectivity index (χ3v) is 3.21. The first-order chi connectivity index (χ1) is 8.74. The monoisotopic (exact) mass is 237 g/mol. The molecule has 0 fully saturated rings. The molecule has 1 aromatic carbocycles. The van der Waals surface area contributed by atoms with Crippen molar-refractivity contribution in [3.05, 3.63) is 65.3 Å². The molecule has 1 unspecified atom stereocenters. The maximum atomic E-state index is 4.60. The summed E-state index contributed by atoms with van der Waals surface area (Å²) in [6, 6.07) is 8.41. The van der Waals surface area contributed by atoms with E-state index in [1.54, 1.807) is 0 Å². The van der Waals surface area contributed by atoms with Crippen LogP contribution in [-0.2, 0) is 0 Å². The minimum atomic E-state index is 0.410. The van der Waals surface area contributed by atoms with Gasteiger partial charge in [0.25, 0.3) is 0 Å². The first kappa shape index (κ1) is 12.6. The third-order valence-electron chi connectivity index (χ3n) is 3.21. The molecule has 0 bridgehead atoms. The van der Waals surface area contributed by atoms with Crippen molar-refractivity contribution in [2.75, 3.05) is 0 Å². The highest BCUT2D eigenvalue weighted by Gasteiger charge is 2.13. The summed E-state index contributed by atoms with van der Waals surface area (Å²) in [6.45, 7) is 6.30. The number of hydrogen-bond acceptors (Lipinski definition) is 1. The Kier molecular flexibility index (Phi) is 3.93. The number of allylic oxidation sites excluding steroid dienone is 5. The van der Waals surface area contributed by atoms with Gasteiger partial charge in [-0.1, -0.05) is 55.5 Å². The van der Waals surface area contributed by atoms with Crippen LogP contribution in [0.25, 0.3) is 5.70 Å². The average Bonchev–Trinajstić information content (AvgIpc) is 2.38. The molecular weight excluding hydrogens is 218 g/mol. The first-order valence-electron chi connectivity index (χ1n) is 6.37. The summed E-state index contributed by atoms with van der Waals surface area (Å²) >= 11 is 0. The Morgan fingerprint density at radius 3 is 2.67 bits per heavy atom. The van der Waals surface area contributed by atoms with E-state index in [-0.39, 0.29) is 0 Å². The van der Waals surface area contributed by atoms with E-state index >= 15 is 0 Å². The highest BCUT2D eigenvalue weighted by atomic mass is 14.7. The first-order valence-corrected chi connectivity index (χ1v) is 6.37. The molecular formula is C17H19N. The van der Waals surface area contributed by atoms with Gasteiger partial charge in [-0.05, 0) is 25.0 Å². The van der Waals surface area contributed by atoms with Gasteiger partial charge in [0.2, 0.25) is 0 Å². The fourth-order valence-corrected chi connectivity index (χ4v) is 2.21. The van der Waals surface area contributed by atoms with Crippen LogP contribution in [0.5, 0.6) is 0 Å². The maximum absolute atomic E-state index is 4.60. The van der Waals surface area contributed by atoms with Crippen LogP contribution in [0.2, 0.25) is 0 Å². The normalized spacial score (nSPS) is 21.6. The minimum Gasteiger partial charge on any atom is -0.261 e. The van der Waals surface area contributed by atoms with Crippen LogP contribution in [0, 0.1) is 12.8 Å². The Labute approximate surface area is 109 Å². The lowest BCUT2D eigenvalue weighted by molar-refractivity contribution is 0.883. The summed E-state index contributed by atoms with van der Waals surface area (Å²) in [6.07, 6.45) is 10.4. The van der Waals surface area contributed by atoms with Crippen LogP contribution in [0.3, 0.4) is 0 Å². The number of rotatable bonds is 2. The summed E-state index contributed by atoms with van der Waals surface area (Å²) in [5, 5.41) is 0. The van der Waals surface area contributed by atoms with Crippen molar-refractivity contribution in [3.8, 4) is 0 Å². The van der Waals surface area contributed by atoms with Crippen molar-refractivity contribution in [2.45, 2.75) is 20.8 Å². The van der Waals surface area contributed by atoms with Gasteiger partial charge in [-0.25, -0.2) is 0 Å². The molecule has 1 heteroatoms. The summed E-state index contributed by atoms with van der Waals surface area (Å²) in [4.78, 5) is 4.60. The molecule has 1 aliphatic rings. The lowest BCUT2D eigenvalue weighted by atomic mass is 9.91. The Hall–Kier alpha value is -1.89. The number of benzene rings is 1. The molecule has 0 amide bonds. The van der Waals surface area contributed by atoms with Crippen LogP contribution in [0.4, 0.5) is 0 Å². The summed E-state index contributed by atoms with van der Waals surface area (Å²) in [5.74, 6) is 0.410. The minimum absolute atomic E-state index is 0.410. The molecule has 92 valence electrons. The van der Waals surface area contributed by atoms with Gasteiger partial charge in [0.05, 0.1) is 5.70 Å². The summed E-state index contributed by atoms with van der Waals surface area (Å²) < 4.78 is 0. The molecule has 0 saturated heterocycles. The van der Waals surface area contributed by atoms with Gasteiger partial charge in [0.1, 0.15) is 0 Å². The fourth-order valence-electron chi connectivity index (χ4n) is 2.21. The van der Waals surface area contributed by atoms with Gasteiger partial charge in [-0.2, -0.15) is 0 Å². The zero-order chi connectivity index (χ0) is 13.0. The van der Waals surface area contributed by atoms with Gasteiger partial charge in [0.15, 0.2) is 0 Å². The van der Waals surface area contributed by atoms with E-state index in [4.69, 9.17) is 0 Å². The van der Waals surface area contributed by atoms with Crippen molar-refractivity contribution < 1.29 is 0 Å². The van der Waals surface area contributed by atoms with Gasteiger partial charge in [-0.3, -0.25) is 4.99 Å². The summed E-state index contributed by atoms with van der Waals surface area (Å²) in [5.41, 5.74) is 4.85. The van der Waals surface area contributed by atoms with E-state index in [1.807, 2.05) is 13.1 Å². The van der Waals surface area contributed by atoms with E-state index in [2.05, 4.69) is 67.4 Å². The number of aliphatic imine (C=N–C) groups is 1. The molecule has 0 spiro atoms. The quantitative estimate of drug-likeness (QED) is 0.669. The fraction of sp³-hybridized carbons (Fsp3) is 0.235. The molecule has 2 rings (SSSR count). The molecule has 0 aliphatic heterocycles. The van der Waals surface area contributed by atoms with E-state index in [0.29, 0.717) is 5.92 Å². The highest BCUT2D eigenvalue weighted by molar-refractivity contribution is 5.78. The smallest absolute Gasteiger partial charge is 0.0738 e. The van der Waals surface area contributed by atoms with Crippen LogP contribution < -0.4 is 0 Å². The summed E-state index contributed by atoms with van der Waals surface area (Å²) in [7, 11) is 0. The van der Waals surface area contributed by atoms with Crippen molar-refractivity contribution >= 4 is 11.9 Å². The molecule has 1 atom stereocenters. The van der Waals surface area contributed by atoms with Crippen LogP contribution in [-0.4, -0.2) is 6.21 Å². The Morgan fingerprint density at radius 1 is 1.22 bits per heavy atom. The molecule has 1 nitrogen and oxygen atoms in total. The predicted molar refractivity (Wildman–Crippen MR) is 79.7 cm³/mol. The molecule has 1 aromatic rings. The average molecular weight is 237 g/mol. The van der Waals surface area contributed by atoms with E-state index in [9.17, 15) is 0 Å². The Balaban J connectivity index is 2.60. The molecule has 0 N–H and O–H groups in total. The van der Waals surface area contributed by atoms with E-state index in [1.165, 1.54) is 16.7 Å². The number of hydrogen-bond donors (Lipinski definition) is 0. The molecule has 0 heterocycles. The molecule has 0 radical (unpaired) electrons. The molecule has 1 aliphatic carbocycles. The van der Waals surface area contributed by atoms with Crippen molar-refractivity contribution in [1.29, 1.82) is 0 Å². The lowest BCUT2D eigenvalue weighted by Gasteiger charge is -2.17. The van der Waals surface area contributed by atoms with Gasteiger partial charge in [0, 0.05) is 17.7 Å². The van der Waals surface area contributed by atoms with Gasteiger partial charge in [-0.15, -0.1) is 0 Å². The van der Waals surface area contributed by atoms with Crippen molar-refractivity contribution in [2.24, 2.45) is 10.9 Å². The zero-order valence-electron chi connectivity index (χ0n) is 11.2. The van der Waals surface area contributed by atoms with Gasteiger partial charge < -0.3 is 0 Å². The molecule has 0 aromatic heterocycles. The second-order valence-electron chi connectivity index (χ2n) is 4.54.